The van der Waals surface area contributed by atoms with Gasteiger partial charge in [-0.25, -0.2) is 4.98 Å². The first-order chi connectivity index (χ1) is 12.0. The molecule has 1 saturated heterocycles. The lowest BCUT2D eigenvalue weighted by molar-refractivity contribution is -0.121. The fourth-order valence-corrected chi connectivity index (χ4v) is 2.92. The van der Waals surface area contributed by atoms with Gasteiger partial charge in [0.25, 0.3) is 5.91 Å². The first-order valence-electron chi connectivity index (χ1n) is 8.48. The summed E-state index contributed by atoms with van der Waals surface area (Å²) in [6.45, 7) is 4.88. The Bertz CT molecular complexity index is 756. The monoisotopic (exact) mass is 338 g/mol. The molecule has 1 atom stereocenters. The van der Waals surface area contributed by atoms with Gasteiger partial charge < -0.3 is 10.2 Å². The van der Waals surface area contributed by atoms with Crippen LogP contribution in [-0.2, 0) is 4.79 Å². The van der Waals surface area contributed by atoms with Gasteiger partial charge >= 0.3 is 0 Å². The number of likely N-dealkylation sites (tertiary alicyclic amines) is 1. The molecule has 2 aromatic rings. The minimum Gasteiger partial charge on any atom is -0.336 e. The van der Waals surface area contributed by atoms with Crippen molar-refractivity contribution in [2.75, 3.05) is 18.4 Å². The Morgan fingerprint density at radius 3 is 2.56 bits per heavy atom. The van der Waals surface area contributed by atoms with Gasteiger partial charge in [-0.3, -0.25) is 14.6 Å². The van der Waals surface area contributed by atoms with Gasteiger partial charge in [-0.2, -0.15) is 0 Å². The highest BCUT2D eigenvalue weighted by Crippen LogP contribution is 2.20. The van der Waals surface area contributed by atoms with E-state index in [0.717, 1.165) is 29.8 Å². The van der Waals surface area contributed by atoms with Crippen LogP contribution in [0.5, 0.6) is 0 Å². The van der Waals surface area contributed by atoms with E-state index in [4.69, 9.17) is 0 Å². The van der Waals surface area contributed by atoms with Crippen LogP contribution in [0.25, 0.3) is 0 Å². The smallest absolute Gasteiger partial charge is 0.274 e. The molecule has 0 bridgehead atoms. The number of benzene rings is 1. The second-order valence-electron chi connectivity index (χ2n) is 6.49. The number of piperidine rings is 1. The second-order valence-corrected chi connectivity index (χ2v) is 6.49. The van der Waals surface area contributed by atoms with Crippen molar-refractivity contribution in [1.82, 2.24) is 14.9 Å². The van der Waals surface area contributed by atoms with E-state index in [1.165, 1.54) is 6.20 Å². The van der Waals surface area contributed by atoms with Crippen molar-refractivity contribution in [3.8, 4) is 0 Å². The van der Waals surface area contributed by atoms with Crippen LogP contribution in [0.2, 0.25) is 0 Å². The predicted molar refractivity (Wildman–Crippen MR) is 95.2 cm³/mol. The number of nitrogens with zero attached hydrogens (tertiary/aromatic N) is 3. The van der Waals surface area contributed by atoms with Crippen LogP contribution in [-0.4, -0.2) is 39.8 Å². The quantitative estimate of drug-likeness (QED) is 0.933. The molecule has 0 radical (unpaired) electrons. The van der Waals surface area contributed by atoms with E-state index in [0.29, 0.717) is 18.8 Å². The van der Waals surface area contributed by atoms with Gasteiger partial charge in [0.15, 0.2) is 0 Å². The van der Waals surface area contributed by atoms with Crippen LogP contribution < -0.4 is 5.32 Å². The normalized spacial score (nSPS) is 17.2. The molecule has 1 aliphatic heterocycles. The summed E-state index contributed by atoms with van der Waals surface area (Å²) >= 11 is 0. The van der Waals surface area contributed by atoms with E-state index < -0.39 is 0 Å². The lowest BCUT2D eigenvalue weighted by Gasteiger charge is -2.31. The third-order valence-corrected chi connectivity index (χ3v) is 4.40. The van der Waals surface area contributed by atoms with Crippen molar-refractivity contribution in [1.29, 1.82) is 0 Å². The lowest BCUT2D eigenvalue weighted by atomic mass is 9.96. The number of nitrogens with one attached hydrogen (secondary N) is 1. The zero-order chi connectivity index (χ0) is 17.8. The van der Waals surface area contributed by atoms with Crippen molar-refractivity contribution < 1.29 is 9.59 Å². The number of hydrogen-bond acceptors (Lipinski definition) is 4. The first-order valence-corrected chi connectivity index (χ1v) is 8.48. The summed E-state index contributed by atoms with van der Waals surface area (Å²) in [6, 6.07) is 7.70. The Balaban J connectivity index is 1.63. The molecule has 130 valence electrons. The van der Waals surface area contributed by atoms with E-state index >= 15 is 0 Å². The maximum absolute atomic E-state index is 12.6. The summed E-state index contributed by atoms with van der Waals surface area (Å²) in [5.41, 5.74) is 3.02. The number of rotatable bonds is 3. The molecule has 6 nitrogen and oxygen atoms in total. The van der Waals surface area contributed by atoms with Gasteiger partial charge in [0.2, 0.25) is 5.91 Å². The average Bonchev–Trinajstić information content (AvgIpc) is 2.64. The maximum Gasteiger partial charge on any atom is 0.274 e. The molecule has 0 saturated carbocycles. The van der Waals surface area contributed by atoms with Crippen LogP contribution in [0.1, 0.15) is 34.6 Å². The lowest BCUT2D eigenvalue weighted by Crippen LogP contribution is -2.44. The Morgan fingerprint density at radius 2 is 1.88 bits per heavy atom. The van der Waals surface area contributed by atoms with E-state index in [1.54, 1.807) is 11.1 Å². The van der Waals surface area contributed by atoms with Crippen LogP contribution in [0, 0.1) is 19.8 Å². The van der Waals surface area contributed by atoms with Crippen LogP contribution in [0.3, 0.4) is 0 Å². The fraction of sp³-hybridized carbons (Fsp3) is 0.368. The summed E-state index contributed by atoms with van der Waals surface area (Å²) < 4.78 is 0. The summed E-state index contributed by atoms with van der Waals surface area (Å²) in [6.07, 6.45) is 4.66. The van der Waals surface area contributed by atoms with Gasteiger partial charge in [-0.1, -0.05) is 17.7 Å². The van der Waals surface area contributed by atoms with Crippen molar-refractivity contribution in [2.45, 2.75) is 26.7 Å². The minimum absolute atomic E-state index is 0.0451. The van der Waals surface area contributed by atoms with Gasteiger partial charge in [0.05, 0.1) is 17.8 Å². The average molecular weight is 338 g/mol. The molecule has 1 unspecified atom stereocenters. The number of amides is 2. The van der Waals surface area contributed by atoms with Crippen LogP contribution in [0.4, 0.5) is 5.69 Å². The summed E-state index contributed by atoms with van der Waals surface area (Å²) in [5.74, 6) is -0.422. The van der Waals surface area contributed by atoms with E-state index in [2.05, 4.69) is 15.3 Å². The van der Waals surface area contributed by atoms with Crippen LogP contribution >= 0.6 is 0 Å². The van der Waals surface area contributed by atoms with E-state index in [1.807, 2.05) is 38.1 Å². The molecular formula is C19H22N4O2. The highest BCUT2D eigenvalue weighted by molar-refractivity contribution is 5.95. The molecule has 0 aliphatic carbocycles. The summed E-state index contributed by atoms with van der Waals surface area (Å²) in [5, 5.41) is 2.94. The number of carbonyl (C=O) groups excluding carboxylic acids is 2. The fourth-order valence-electron chi connectivity index (χ4n) is 2.92. The number of aromatic nitrogens is 2. The highest BCUT2D eigenvalue weighted by atomic mass is 16.2. The van der Waals surface area contributed by atoms with Gasteiger partial charge in [0.1, 0.15) is 5.69 Å². The van der Waals surface area contributed by atoms with Crippen molar-refractivity contribution in [3.05, 3.63) is 53.6 Å². The number of aryl methyl sites for hydroxylation is 2. The van der Waals surface area contributed by atoms with E-state index in [-0.39, 0.29) is 17.7 Å². The largest absolute Gasteiger partial charge is 0.336 e. The third-order valence-electron chi connectivity index (χ3n) is 4.40. The van der Waals surface area contributed by atoms with Crippen LogP contribution in [0.15, 0.2) is 36.7 Å². The Hall–Kier alpha value is -2.76. The molecule has 1 aliphatic rings. The first kappa shape index (κ1) is 17.1. The van der Waals surface area contributed by atoms with Crippen molar-refractivity contribution in [2.24, 2.45) is 5.92 Å². The molecule has 2 amide bonds. The molecule has 1 N–H and O–H groups in total. The Labute approximate surface area is 147 Å². The highest BCUT2D eigenvalue weighted by Gasteiger charge is 2.29. The van der Waals surface area contributed by atoms with Crippen molar-refractivity contribution in [3.63, 3.8) is 0 Å². The number of hydrogen-bond donors (Lipinski definition) is 1. The Kier molecular flexibility index (Phi) is 5.07. The van der Waals surface area contributed by atoms with Crippen molar-refractivity contribution >= 4 is 17.5 Å². The molecule has 2 heterocycles. The van der Waals surface area contributed by atoms with E-state index in [9.17, 15) is 9.59 Å². The topological polar surface area (TPSA) is 75.2 Å². The molecule has 6 heteroatoms. The predicted octanol–water partition coefficient (Wildman–Crippen LogP) is 2.58. The van der Waals surface area contributed by atoms with Gasteiger partial charge in [0, 0.05) is 25.0 Å². The number of anilines is 1. The second kappa shape index (κ2) is 7.42. The molecule has 1 fully saturated rings. The summed E-state index contributed by atoms with van der Waals surface area (Å²) in [7, 11) is 0. The molecule has 1 aromatic carbocycles. The summed E-state index contributed by atoms with van der Waals surface area (Å²) in [4.78, 5) is 35.1. The zero-order valence-corrected chi connectivity index (χ0v) is 14.5. The molecule has 1 aromatic heterocycles. The zero-order valence-electron chi connectivity index (χ0n) is 14.5. The Morgan fingerprint density at radius 1 is 1.12 bits per heavy atom. The SMILES string of the molecule is Cc1ccc(NC(=O)C2CCCN(C(=O)c3cnc(C)cn3)C2)cc1. The molecule has 0 spiro atoms. The van der Waals surface area contributed by atoms with Gasteiger partial charge in [-0.15, -0.1) is 0 Å². The van der Waals surface area contributed by atoms with Gasteiger partial charge in [-0.05, 0) is 38.8 Å². The third kappa shape index (κ3) is 4.21. The maximum atomic E-state index is 12.6. The molecule has 25 heavy (non-hydrogen) atoms. The minimum atomic E-state index is -0.211. The molecular weight excluding hydrogens is 316 g/mol. The number of carbonyl (C=O) groups is 2. The molecule has 3 rings (SSSR count). The standard InChI is InChI=1S/C19H22N4O2/c1-13-5-7-16(8-6-13)22-18(24)15-4-3-9-23(12-15)19(25)17-11-20-14(2)10-21-17/h5-8,10-11,15H,3-4,9,12H2,1-2H3,(H,22,24).